The van der Waals surface area contributed by atoms with Crippen molar-refractivity contribution in [2.75, 3.05) is 0 Å². The van der Waals surface area contributed by atoms with Crippen molar-refractivity contribution in [3.63, 3.8) is 0 Å². The van der Waals surface area contributed by atoms with Crippen LogP contribution in [0.2, 0.25) is 0 Å². The Morgan fingerprint density at radius 3 is 1.47 bits per heavy atom. The standard InChI is InChI=1S/C13H13Si.Li/c14-13(11-7-3-1-4-8-11)12-9-5-2-6-10-12;/h1-10,13H,14H2;. The van der Waals surface area contributed by atoms with E-state index in [1.54, 1.807) is 0 Å². The van der Waals surface area contributed by atoms with Gasteiger partial charge >= 0.3 is 102 Å². The van der Waals surface area contributed by atoms with Crippen molar-refractivity contribution in [3.8, 4) is 0 Å². The van der Waals surface area contributed by atoms with Crippen molar-refractivity contribution in [1.82, 2.24) is 0 Å². The van der Waals surface area contributed by atoms with Crippen molar-refractivity contribution in [3.05, 3.63) is 71.8 Å². The van der Waals surface area contributed by atoms with E-state index < -0.39 is 0 Å². The quantitative estimate of drug-likeness (QED) is 0.671. The zero-order valence-electron chi connectivity index (χ0n) is 9.06. The first-order valence-corrected chi connectivity index (χ1v) is 7.74. The number of benzene rings is 2. The van der Waals surface area contributed by atoms with Gasteiger partial charge in [-0.3, -0.25) is 0 Å². The van der Waals surface area contributed by atoms with Gasteiger partial charge in [0.05, 0.1) is 0 Å². The Kier molecular flexibility index (Phi) is 3.85. The maximum absolute atomic E-state index is 2.38. The molecule has 15 heavy (non-hydrogen) atoms. The molecular weight excluding hydrogens is 191 g/mol. The van der Waals surface area contributed by atoms with Gasteiger partial charge in [-0.2, -0.15) is 0 Å². The van der Waals surface area contributed by atoms with Crippen LogP contribution in [0, 0.1) is 0 Å². The molecule has 2 aromatic carbocycles. The van der Waals surface area contributed by atoms with Gasteiger partial charge in [0.2, 0.25) is 0 Å². The summed E-state index contributed by atoms with van der Waals surface area (Å²) in [5.41, 5.74) is 3.61. The third-order valence-electron chi connectivity index (χ3n) is 2.81. The molecule has 0 aliphatic heterocycles. The molecule has 70 valence electrons. The summed E-state index contributed by atoms with van der Waals surface area (Å²) in [4.78, 5) is 0. The van der Waals surface area contributed by atoms with Crippen molar-refractivity contribution < 1.29 is 0 Å². The van der Waals surface area contributed by atoms with Crippen LogP contribution < -0.4 is 0 Å². The van der Waals surface area contributed by atoms with E-state index in [-0.39, 0.29) is 7.84 Å². The van der Waals surface area contributed by atoms with Crippen LogP contribution in [0.1, 0.15) is 16.7 Å². The third-order valence-corrected chi connectivity index (χ3v) is 4.57. The van der Waals surface area contributed by atoms with Crippen LogP contribution in [0.4, 0.5) is 0 Å². The van der Waals surface area contributed by atoms with Gasteiger partial charge in [-0.05, 0) is 0 Å². The average Bonchev–Trinajstić information content (AvgIpc) is 2.33. The molecule has 0 saturated carbocycles. The van der Waals surface area contributed by atoms with Gasteiger partial charge in [-0.15, -0.1) is 0 Å². The van der Waals surface area contributed by atoms with E-state index in [2.05, 4.69) is 77.7 Å². The Morgan fingerprint density at radius 2 is 1.13 bits per heavy atom. The van der Waals surface area contributed by atoms with Crippen LogP contribution in [-0.4, -0.2) is 24.9 Å². The van der Waals surface area contributed by atoms with E-state index in [0.717, 1.165) is 0 Å². The van der Waals surface area contributed by atoms with Crippen molar-refractivity contribution in [1.29, 1.82) is 0 Å². The fourth-order valence-corrected chi connectivity index (χ4v) is 3.52. The Morgan fingerprint density at radius 1 is 0.733 bits per heavy atom. The number of hydrogen-bond donors (Lipinski definition) is 0. The van der Waals surface area contributed by atoms with E-state index in [4.69, 9.17) is 0 Å². The summed E-state index contributed by atoms with van der Waals surface area (Å²) in [6.07, 6.45) is 0. The van der Waals surface area contributed by atoms with E-state index in [9.17, 15) is 0 Å². The Hall–Kier alpha value is -0.746. The fraction of sp³-hybridized carbons (Fsp3) is 0.0769. The summed E-state index contributed by atoms with van der Waals surface area (Å²) in [5.74, 6) is 0. The fourth-order valence-electron chi connectivity index (χ4n) is 2.03. The zero-order valence-corrected chi connectivity index (χ0v) is 10.5. The first-order valence-electron chi connectivity index (χ1n) is 5.51. The molecule has 2 rings (SSSR count). The van der Waals surface area contributed by atoms with Gasteiger partial charge in [0, 0.05) is 0 Å². The van der Waals surface area contributed by atoms with Crippen LogP contribution in [0.5, 0.6) is 0 Å². The second-order valence-electron chi connectivity index (χ2n) is 3.78. The molecule has 2 aromatic rings. The van der Waals surface area contributed by atoms with Crippen LogP contribution in [0.15, 0.2) is 60.7 Å². The molecule has 0 nitrogen and oxygen atoms in total. The van der Waals surface area contributed by atoms with Gasteiger partial charge in [0.25, 0.3) is 0 Å². The van der Waals surface area contributed by atoms with E-state index in [1.165, 1.54) is 11.1 Å². The number of rotatable bonds is 3. The second kappa shape index (κ2) is 5.37. The third kappa shape index (κ3) is 2.63. The molecule has 0 N–H and O–H groups in total. The van der Waals surface area contributed by atoms with Crippen molar-refractivity contribution in [2.24, 2.45) is 0 Å². The van der Waals surface area contributed by atoms with E-state index in [1.807, 2.05) is 0 Å². The number of hydrogen-bond acceptors (Lipinski definition) is 0. The summed E-state index contributed by atoms with van der Waals surface area (Å²) in [5, 5.41) is 0. The minimum absolute atomic E-state index is 0.0686. The molecule has 0 spiro atoms. The topological polar surface area (TPSA) is 0 Å². The second-order valence-corrected chi connectivity index (χ2v) is 5.42. The average molecular weight is 204 g/mol. The predicted molar refractivity (Wildman–Crippen MR) is 69.0 cm³/mol. The van der Waals surface area contributed by atoms with Crippen molar-refractivity contribution in [2.45, 2.75) is 5.54 Å². The summed E-state index contributed by atoms with van der Waals surface area (Å²) < 4.78 is 0. The van der Waals surface area contributed by atoms with Gasteiger partial charge < -0.3 is 0 Å². The molecule has 0 fully saturated rings. The van der Waals surface area contributed by atoms with Crippen molar-refractivity contribution >= 4 is 24.9 Å². The summed E-state index contributed by atoms with van der Waals surface area (Å²) in [7, 11) is -0.0686. The molecule has 0 heterocycles. The molecule has 0 aliphatic rings. The van der Waals surface area contributed by atoms with Gasteiger partial charge in [-0.25, -0.2) is 0 Å². The molecule has 0 unspecified atom stereocenters. The minimum atomic E-state index is -0.0686. The Bertz CT molecular complexity index is 360. The zero-order chi connectivity index (χ0) is 10.5. The predicted octanol–water partition coefficient (Wildman–Crippen LogP) is 2.03. The molecular formula is C13H13LiSi. The van der Waals surface area contributed by atoms with Crippen LogP contribution in [0.3, 0.4) is 0 Å². The summed E-state index contributed by atoms with van der Waals surface area (Å²) >= 11 is 2.38. The normalized spacial score (nSPS) is 11.4. The maximum atomic E-state index is 2.38. The summed E-state index contributed by atoms with van der Waals surface area (Å²) in [6.45, 7) is 0. The summed E-state index contributed by atoms with van der Waals surface area (Å²) in [6, 6.07) is 21.7. The van der Waals surface area contributed by atoms with E-state index in [0.29, 0.717) is 5.54 Å². The molecule has 0 radical (unpaired) electrons. The molecule has 0 bridgehead atoms. The van der Waals surface area contributed by atoms with Gasteiger partial charge in [0.1, 0.15) is 0 Å². The van der Waals surface area contributed by atoms with Crippen LogP contribution >= 0.6 is 0 Å². The van der Waals surface area contributed by atoms with E-state index >= 15 is 0 Å². The molecule has 0 amide bonds. The SMILES string of the molecule is [Li][SiH2]C(c1ccccc1)c1ccccc1. The molecule has 0 aromatic heterocycles. The molecule has 2 heteroatoms. The Labute approximate surface area is 102 Å². The Balaban J connectivity index is 2.34. The first-order chi connectivity index (χ1) is 7.42. The molecule has 0 atom stereocenters. The monoisotopic (exact) mass is 204 g/mol. The molecule has 0 aliphatic carbocycles. The van der Waals surface area contributed by atoms with Gasteiger partial charge in [0.15, 0.2) is 0 Å². The van der Waals surface area contributed by atoms with Gasteiger partial charge in [-0.1, -0.05) is 0 Å². The van der Waals surface area contributed by atoms with Crippen LogP contribution in [-0.2, 0) is 0 Å². The molecule has 0 saturated heterocycles. The van der Waals surface area contributed by atoms with Crippen LogP contribution in [0.25, 0.3) is 0 Å². The first kappa shape index (κ1) is 10.8.